The summed E-state index contributed by atoms with van der Waals surface area (Å²) in [7, 11) is 4.07. The van der Waals surface area contributed by atoms with Gasteiger partial charge in [-0.05, 0) is 56.3 Å². The van der Waals surface area contributed by atoms with E-state index in [2.05, 4.69) is 31.5 Å². The topological polar surface area (TPSA) is 83.1 Å². The molecule has 0 saturated carbocycles. The number of nitrogens with one attached hydrogen (secondary N) is 2. The van der Waals surface area contributed by atoms with Crippen LogP contribution in [-0.4, -0.2) is 59.3 Å². The molecular formula is C21H25N5O2. The SMILES string of the molecule is CN(C)Cc1cncc(-c2ccc3[nH]nc(C(=O)NC4CCOCC4)c3c2)c1. The molecule has 0 unspecified atom stereocenters. The maximum absolute atomic E-state index is 12.8. The van der Waals surface area contributed by atoms with Crippen molar-refractivity contribution in [2.75, 3.05) is 27.3 Å². The number of pyridine rings is 1. The van der Waals surface area contributed by atoms with Gasteiger partial charge in [-0.15, -0.1) is 0 Å². The number of aromatic nitrogens is 3. The van der Waals surface area contributed by atoms with E-state index < -0.39 is 0 Å². The molecule has 0 atom stereocenters. The van der Waals surface area contributed by atoms with Gasteiger partial charge in [0.15, 0.2) is 5.69 Å². The maximum Gasteiger partial charge on any atom is 0.272 e. The van der Waals surface area contributed by atoms with Crippen molar-refractivity contribution >= 4 is 16.8 Å². The molecule has 1 fully saturated rings. The van der Waals surface area contributed by atoms with Gasteiger partial charge in [0.1, 0.15) is 0 Å². The van der Waals surface area contributed by atoms with Crippen LogP contribution in [0.4, 0.5) is 0 Å². The fourth-order valence-corrected chi connectivity index (χ4v) is 3.56. The molecule has 146 valence electrons. The summed E-state index contributed by atoms with van der Waals surface area (Å²) in [5, 5.41) is 11.1. The Morgan fingerprint density at radius 2 is 2.04 bits per heavy atom. The van der Waals surface area contributed by atoms with Crippen LogP contribution in [0, 0.1) is 0 Å². The second kappa shape index (κ2) is 8.08. The van der Waals surface area contributed by atoms with Gasteiger partial charge >= 0.3 is 0 Å². The van der Waals surface area contributed by atoms with Crippen molar-refractivity contribution < 1.29 is 9.53 Å². The molecule has 0 radical (unpaired) electrons. The second-order valence-electron chi connectivity index (χ2n) is 7.51. The van der Waals surface area contributed by atoms with Gasteiger partial charge in [0.25, 0.3) is 5.91 Å². The smallest absolute Gasteiger partial charge is 0.272 e. The summed E-state index contributed by atoms with van der Waals surface area (Å²) < 4.78 is 5.36. The Morgan fingerprint density at radius 3 is 2.82 bits per heavy atom. The van der Waals surface area contributed by atoms with Crippen molar-refractivity contribution in [3.05, 3.63) is 47.9 Å². The van der Waals surface area contributed by atoms with Gasteiger partial charge in [-0.1, -0.05) is 6.07 Å². The first-order valence-corrected chi connectivity index (χ1v) is 9.56. The Kier molecular flexibility index (Phi) is 5.36. The van der Waals surface area contributed by atoms with Gasteiger partial charge in [0, 0.05) is 49.1 Å². The zero-order chi connectivity index (χ0) is 19.5. The number of H-pyrrole nitrogens is 1. The predicted molar refractivity (Wildman–Crippen MR) is 108 cm³/mol. The fraction of sp³-hybridized carbons (Fsp3) is 0.381. The van der Waals surface area contributed by atoms with Gasteiger partial charge in [-0.3, -0.25) is 14.9 Å². The van der Waals surface area contributed by atoms with Crippen LogP contribution in [-0.2, 0) is 11.3 Å². The molecule has 4 rings (SSSR count). The molecule has 0 spiro atoms. The summed E-state index contributed by atoms with van der Waals surface area (Å²) in [4.78, 5) is 19.2. The second-order valence-corrected chi connectivity index (χ2v) is 7.51. The number of benzene rings is 1. The Balaban J connectivity index is 1.62. The van der Waals surface area contributed by atoms with Crippen LogP contribution in [0.2, 0.25) is 0 Å². The highest BCUT2D eigenvalue weighted by molar-refractivity contribution is 6.05. The van der Waals surface area contributed by atoms with Crippen LogP contribution in [0.1, 0.15) is 28.9 Å². The van der Waals surface area contributed by atoms with E-state index in [0.717, 1.165) is 47.0 Å². The molecule has 28 heavy (non-hydrogen) atoms. The quantitative estimate of drug-likeness (QED) is 0.712. The minimum Gasteiger partial charge on any atom is -0.381 e. The number of aromatic amines is 1. The molecule has 1 amide bonds. The monoisotopic (exact) mass is 379 g/mol. The first kappa shape index (κ1) is 18.6. The molecule has 3 aromatic rings. The van der Waals surface area contributed by atoms with E-state index in [1.54, 1.807) is 0 Å². The highest BCUT2D eigenvalue weighted by Crippen LogP contribution is 2.26. The molecule has 7 nitrogen and oxygen atoms in total. The van der Waals surface area contributed by atoms with E-state index in [4.69, 9.17) is 4.74 Å². The molecule has 7 heteroatoms. The summed E-state index contributed by atoms with van der Waals surface area (Å²) in [6, 6.07) is 8.27. The van der Waals surface area contributed by atoms with E-state index in [1.807, 2.05) is 44.7 Å². The van der Waals surface area contributed by atoms with Crippen LogP contribution in [0.25, 0.3) is 22.0 Å². The maximum atomic E-state index is 12.8. The molecule has 1 saturated heterocycles. The number of ether oxygens (including phenoxy) is 1. The first-order chi connectivity index (χ1) is 13.6. The van der Waals surface area contributed by atoms with Crippen molar-refractivity contribution in [2.24, 2.45) is 0 Å². The molecule has 1 aliphatic heterocycles. The lowest BCUT2D eigenvalue weighted by atomic mass is 10.0. The Hall–Kier alpha value is -2.77. The standard InChI is InChI=1S/C21H25N5O2/c1-26(2)13-14-9-16(12-22-11-14)15-3-4-19-18(10-15)20(25-24-19)21(27)23-17-5-7-28-8-6-17/h3-4,9-12,17H,5-8,13H2,1-2H3,(H,23,27)(H,24,25). The molecular weight excluding hydrogens is 354 g/mol. The van der Waals surface area contributed by atoms with Gasteiger partial charge in [-0.2, -0.15) is 5.10 Å². The number of amides is 1. The molecule has 3 heterocycles. The Bertz CT molecular complexity index is 976. The first-order valence-electron chi connectivity index (χ1n) is 9.56. The predicted octanol–water partition coefficient (Wildman–Crippen LogP) is 2.60. The number of carbonyl (C=O) groups is 1. The van der Waals surface area contributed by atoms with E-state index in [9.17, 15) is 4.79 Å². The van der Waals surface area contributed by atoms with Crippen molar-refractivity contribution in [2.45, 2.75) is 25.4 Å². The third kappa shape index (κ3) is 4.05. The number of nitrogens with zero attached hydrogens (tertiary/aromatic N) is 3. The molecule has 1 aliphatic rings. The van der Waals surface area contributed by atoms with E-state index in [-0.39, 0.29) is 11.9 Å². The average molecular weight is 379 g/mol. The Labute approximate surface area is 164 Å². The minimum absolute atomic E-state index is 0.142. The van der Waals surface area contributed by atoms with Gasteiger partial charge in [0.05, 0.1) is 5.52 Å². The summed E-state index contributed by atoms with van der Waals surface area (Å²) in [5.41, 5.74) is 4.46. The van der Waals surface area contributed by atoms with E-state index >= 15 is 0 Å². The largest absolute Gasteiger partial charge is 0.381 e. The van der Waals surface area contributed by atoms with Crippen LogP contribution in [0.5, 0.6) is 0 Å². The van der Waals surface area contributed by atoms with Crippen LogP contribution >= 0.6 is 0 Å². The lowest BCUT2D eigenvalue weighted by molar-refractivity contribution is 0.0695. The molecule has 0 bridgehead atoms. The van der Waals surface area contributed by atoms with Crippen molar-refractivity contribution in [3.8, 4) is 11.1 Å². The number of hydrogen-bond donors (Lipinski definition) is 2. The third-order valence-electron chi connectivity index (χ3n) is 4.96. The molecule has 1 aromatic carbocycles. The number of rotatable bonds is 5. The average Bonchev–Trinajstić information content (AvgIpc) is 3.12. The lowest BCUT2D eigenvalue weighted by Gasteiger charge is -2.22. The molecule has 2 aromatic heterocycles. The third-order valence-corrected chi connectivity index (χ3v) is 4.96. The molecule has 2 N–H and O–H groups in total. The van der Waals surface area contributed by atoms with Gasteiger partial charge < -0.3 is 15.0 Å². The summed E-state index contributed by atoms with van der Waals surface area (Å²) in [5.74, 6) is -0.144. The fourth-order valence-electron chi connectivity index (χ4n) is 3.56. The van der Waals surface area contributed by atoms with Crippen LogP contribution < -0.4 is 5.32 Å². The van der Waals surface area contributed by atoms with Gasteiger partial charge in [-0.25, -0.2) is 0 Å². The van der Waals surface area contributed by atoms with Crippen LogP contribution in [0.3, 0.4) is 0 Å². The highest BCUT2D eigenvalue weighted by Gasteiger charge is 2.20. The number of fused-ring (bicyclic) bond motifs is 1. The van der Waals surface area contributed by atoms with Crippen molar-refractivity contribution in [3.63, 3.8) is 0 Å². The summed E-state index contributed by atoms with van der Waals surface area (Å²) in [6.07, 6.45) is 5.40. The number of carbonyl (C=O) groups excluding carboxylic acids is 1. The normalized spacial score (nSPS) is 15.2. The molecule has 0 aliphatic carbocycles. The van der Waals surface area contributed by atoms with Gasteiger partial charge in [0.2, 0.25) is 0 Å². The van der Waals surface area contributed by atoms with Crippen molar-refractivity contribution in [1.82, 2.24) is 25.4 Å². The van der Waals surface area contributed by atoms with E-state index in [1.165, 1.54) is 0 Å². The summed E-state index contributed by atoms with van der Waals surface area (Å²) >= 11 is 0. The summed E-state index contributed by atoms with van der Waals surface area (Å²) in [6.45, 7) is 2.20. The minimum atomic E-state index is -0.144. The van der Waals surface area contributed by atoms with Crippen LogP contribution in [0.15, 0.2) is 36.7 Å². The number of hydrogen-bond acceptors (Lipinski definition) is 5. The highest BCUT2D eigenvalue weighted by atomic mass is 16.5. The Morgan fingerprint density at radius 1 is 1.21 bits per heavy atom. The zero-order valence-electron chi connectivity index (χ0n) is 16.2. The zero-order valence-corrected chi connectivity index (χ0v) is 16.2. The lowest BCUT2D eigenvalue weighted by Crippen LogP contribution is -2.39. The van der Waals surface area contributed by atoms with E-state index in [0.29, 0.717) is 18.9 Å². The van der Waals surface area contributed by atoms with Crippen molar-refractivity contribution in [1.29, 1.82) is 0 Å².